The van der Waals surface area contributed by atoms with Crippen molar-refractivity contribution in [3.05, 3.63) is 59.7 Å². The quantitative estimate of drug-likeness (QED) is 0.596. The Hall–Kier alpha value is -3.22. The van der Waals surface area contributed by atoms with Crippen LogP contribution in [-0.4, -0.2) is 38.7 Å². The van der Waals surface area contributed by atoms with Gasteiger partial charge >= 0.3 is 0 Å². The molecule has 7 nitrogen and oxygen atoms in total. The Morgan fingerprint density at radius 1 is 1.12 bits per heavy atom. The fourth-order valence-corrected chi connectivity index (χ4v) is 4.27. The van der Waals surface area contributed by atoms with Gasteiger partial charge < -0.3 is 10.2 Å². The predicted molar refractivity (Wildman–Crippen MR) is 127 cm³/mol. The van der Waals surface area contributed by atoms with Gasteiger partial charge in [0.05, 0.1) is 11.6 Å². The number of piperidine rings is 1. The average molecular weight is 433 g/mol. The van der Waals surface area contributed by atoms with Crippen molar-refractivity contribution < 1.29 is 4.79 Å². The summed E-state index contributed by atoms with van der Waals surface area (Å²) in [5, 5.41) is 7.62. The topological polar surface area (TPSA) is 75.9 Å². The summed E-state index contributed by atoms with van der Waals surface area (Å²) in [6, 6.07) is 12.2. The third kappa shape index (κ3) is 5.15. The number of nitrogens with one attached hydrogen (secondary N) is 1. The highest BCUT2D eigenvalue weighted by Gasteiger charge is 2.27. The van der Waals surface area contributed by atoms with Crippen molar-refractivity contribution in [2.24, 2.45) is 5.92 Å². The van der Waals surface area contributed by atoms with E-state index in [1.165, 1.54) is 18.4 Å². The van der Waals surface area contributed by atoms with E-state index in [-0.39, 0.29) is 11.8 Å². The molecular weight excluding hydrogens is 400 g/mol. The lowest BCUT2D eigenvalue weighted by molar-refractivity contribution is -0.120. The first kappa shape index (κ1) is 22.0. The Morgan fingerprint density at radius 2 is 1.91 bits per heavy atom. The van der Waals surface area contributed by atoms with Crippen molar-refractivity contribution in [1.82, 2.24) is 19.7 Å². The molecule has 1 aromatic carbocycles. The normalized spacial score (nSPS) is 16.2. The van der Waals surface area contributed by atoms with Crippen molar-refractivity contribution in [2.75, 3.05) is 23.3 Å². The van der Waals surface area contributed by atoms with E-state index in [1.807, 2.05) is 42.8 Å². The molecule has 0 radical (unpaired) electrons. The van der Waals surface area contributed by atoms with Gasteiger partial charge in [-0.3, -0.25) is 4.79 Å². The largest absolute Gasteiger partial charge is 0.356 e. The number of hydrogen-bond donors (Lipinski definition) is 1. The average Bonchev–Trinajstić information content (AvgIpc) is 3.16. The molecule has 0 aliphatic carbocycles. The molecule has 4 rings (SSSR count). The Morgan fingerprint density at radius 3 is 2.62 bits per heavy atom. The number of amides is 1. The van der Waals surface area contributed by atoms with Crippen LogP contribution in [0.3, 0.4) is 0 Å². The number of aryl methyl sites for hydroxylation is 3. The molecule has 1 aliphatic heterocycles. The lowest BCUT2D eigenvalue weighted by Gasteiger charge is -2.33. The molecule has 0 saturated carbocycles. The summed E-state index contributed by atoms with van der Waals surface area (Å²) >= 11 is 0. The van der Waals surface area contributed by atoms with Crippen LogP contribution in [0.4, 0.5) is 11.5 Å². The molecule has 2 aromatic heterocycles. The molecular formula is C25H32N6O. The Labute approximate surface area is 189 Å². The SMILES string of the molecule is CCCCc1ccc(NC(=O)C2CCCN(c3cc(-n4nc(C)cc4C)ncn3)C2)cc1. The number of carbonyl (C=O) groups is 1. The third-order valence-corrected chi connectivity index (χ3v) is 6.02. The monoisotopic (exact) mass is 432 g/mol. The van der Waals surface area contributed by atoms with E-state index in [0.29, 0.717) is 6.54 Å². The van der Waals surface area contributed by atoms with Gasteiger partial charge in [0, 0.05) is 30.5 Å². The standard InChI is InChI=1S/C25H32N6O/c1-4-5-7-20-9-11-22(12-10-20)28-25(32)21-8-6-13-30(16-21)23-15-24(27-17-26-23)31-19(3)14-18(2)29-31/h9-12,14-15,17,21H,4-8,13,16H2,1-3H3,(H,28,32). The van der Waals surface area contributed by atoms with E-state index in [1.54, 1.807) is 6.33 Å². The highest BCUT2D eigenvalue weighted by atomic mass is 16.1. The fraction of sp³-hybridized carbons (Fsp3) is 0.440. The van der Waals surface area contributed by atoms with Crippen molar-refractivity contribution >= 4 is 17.4 Å². The summed E-state index contributed by atoms with van der Waals surface area (Å²) in [7, 11) is 0. The summed E-state index contributed by atoms with van der Waals surface area (Å²) in [5.74, 6) is 1.58. The second-order valence-corrected chi connectivity index (χ2v) is 8.65. The van der Waals surface area contributed by atoms with Crippen LogP contribution in [-0.2, 0) is 11.2 Å². The number of aromatic nitrogens is 4. The van der Waals surface area contributed by atoms with Gasteiger partial charge in [-0.2, -0.15) is 5.10 Å². The zero-order chi connectivity index (χ0) is 22.5. The first-order valence-corrected chi connectivity index (χ1v) is 11.5. The van der Waals surface area contributed by atoms with Gasteiger partial charge in [-0.1, -0.05) is 25.5 Å². The number of unbranched alkanes of at least 4 members (excludes halogenated alkanes) is 1. The summed E-state index contributed by atoms with van der Waals surface area (Å²) in [5.41, 5.74) is 4.16. The van der Waals surface area contributed by atoms with Gasteiger partial charge in [0.1, 0.15) is 12.1 Å². The van der Waals surface area contributed by atoms with Crippen LogP contribution in [0.15, 0.2) is 42.7 Å². The predicted octanol–water partition coefficient (Wildman–Crippen LogP) is 4.48. The van der Waals surface area contributed by atoms with E-state index in [4.69, 9.17) is 0 Å². The number of hydrogen-bond acceptors (Lipinski definition) is 5. The van der Waals surface area contributed by atoms with E-state index >= 15 is 0 Å². The minimum atomic E-state index is -0.0735. The van der Waals surface area contributed by atoms with E-state index in [9.17, 15) is 4.79 Å². The summed E-state index contributed by atoms with van der Waals surface area (Å²) in [6.45, 7) is 7.71. The minimum absolute atomic E-state index is 0.0730. The first-order valence-electron chi connectivity index (χ1n) is 11.5. The van der Waals surface area contributed by atoms with E-state index in [2.05, 4.69) is 44.3 Å². The van der Waals surface area contributed by atoms with Crippen LogP contribution in [0.2, 0.25) is 0 Å². The molecule has 3 aromatic rings. The maximum atomic E-state index is 13.0. The van der Waals surface area contributed by atoms with E-state index < -0.39 is 0 Å². The molecule has 1 fully saturated rings. The van der Waals surface area contributed by atoms with Crippen molar-refractivity contribution in [3.63, 3.8) is 0 Å². The van der Waals surface area contributed by atoms with Gasteiger partial charge in [0.25, 0.3) is 0 Å². The summed E-state index contributed by atoms with van der Waals surface area (Å²) < 4.78 is 1.83. The van der Waals surface area contributed by atoms with Crippen molar-refractivity contribution in [1.29, 1.82) is 0 Å². The zero-order valence-corrected chi connectivity index (χ0v) is 19.2. The van der Waals surface area contributed by atoms with Gasteiger partial charge in [-0.15, -0.1) is 0 Å². The first-order chi connectivity index (χ1) is 15.5. The molecule has 1 amide bonds. The maximum Gasteiger partial charge on any atom is 0.229 e. The Bertz CT molecular complexity index is 1060. The number of rotatable bonds is 7. The number of benzene rings is 1. The molecule has 168 valence electrons. The molecule has 32 heavy (non-hydrogen) atoms. The lowest BCUT2D eigenvalue weighted by Crippen LogP contribution is -2.41. The van der Waals surface area contributed by atoms with Gasteiger partial charge in [-0.25, -0.2) is 14.6 Å². The van der Waals surface area contributed by atoms with Crippen LogP contribution >= 0.6 is 0 Å². The van der Waals surface area contributed by atoms with Crippen LogP contribution in [0.1, 0.15) is 49.6 Å². The number of anilines is 2. The summed E-state index contributed by atoms with van der Waals surface area (Å²) in [4.78, 5) is 24.0. The highest BCUT2D eigenvalue weighted by Crippen LogP contribution is 2.24. The van der Waals surface area contributed by atoms with Crippen molar-refractivity contribution in [2.45, 2.75) is 52.9 Å². The van der Waals surface area contributed by atoms with E-state index in [0.717, 1.165) is 54.5 Å². The van der Waals surface area contributed by atoms with Gasteiger partial charge in [0.15, 0.2) is 5.82 Å². The van der Waals surface area contributed by atoms with Crippen LogP contribution in [0.25, 0.3) is 5.82 Å². The van der Waals surface area contributed by atoms with Gasteiger partial charge in [-0.05, 0) is 63.3 Å². The number of carbonyl (C=O) groups excluding carboxylic acids is 1. The fourth-order valence-electron chi connectivity index (χ4n) is 4.27. The molecule has 1 saturated heterocycles. The summed E-state index contributed by atoms with van der Waals surface area (Å²) in [6.07, 6.45) is 6.87. The molecule has 1 atom stereocenters. The third-order valence-electron chi connectivity index (χ3n) is 6.02. The molecule has 3 heterocycles. The number of nitrogens with zero attached hydrogens (tertiary/aromatic N) is 5. The van der Waals surface area contributed by atoms with Crippen molar-refractivity contribution in [3.8, 4) is 5.82 Å². The minimum Gasteiger partial charge on any atom is -0.356 e. The molecule has 1 aliphatic rings. The molecule has 0 spiro atoms. The second kappa shape index (κ2) is 9.94. The highest BCUT2D eigenvalue weighted by molar-refractivity contribution is 5.93. The Kier molecular flexibility index (Phi) is 6.83. The molecule has 0 bridgehead atoms. The van der Waals surface area contributed by atoms with Gasteiger partial charge in [0.2, 0.25) is 5.91 Å². The smallest absolute Gasteiger partial charge is 0.229 e. The van der Waals surface area contributed by atoms with Crippen LogP contribution in [0, 0.1) is 19.8 Å². The van der Waals surface area contributed by atoms with Crippen LogP contribution < -0.4 is 10.2 Å². The zero-order valence-electron chi connectivity index (χ0n) is 19.2. The lowest BCUT2D eigenvalue weighted by atomic mass is 9.97. The maximum absolute atomic E-state index is 13.0. The second-order valence-electron chi connectivity index (χ2n) is 8.65. The molecule has 1 unspecified atom stereocenters. The molecule has 7 heteroatoms. The Balaban J connectivity index is 1.41. The van der Waals surface area contributed by atoms with Crippen LogP contribution in [0.5, 0.6) is 0 Å². The molecule has 1 N–H and O–H groups in total.